The summed E-state index contributed by atoms with van der Waals surface area (Å²) in [6, 6.07) is 18.1. The number of carbonyl (C=O) groups excluding carboxylic acids is 1. The number of amides is 1. The van der Waals surface area contributed by atoms with Crippen LogP contribution in [0.25, 0.3) is 10.8 Å². The van der Waals surface area contributed by atoms with Gasteiger partial charge in [0.1, 0.15) is 11.5 Å². The Balaban J connectivity index is 1.80. The minimum Gasteiger partial charge on any atom is -0.507 e. The van der Waals surface area contributed by atoms with Crippen molar-refractivity contribution in [1.29, 1.82) is 0 Å². The van der Waals surface area contributed by atoms with Crippen molar-refractivity contribution in [3.8, 4) is 11.5 Å². The van der Waals surface area contributed by atoms with Gasteiger partial charge >= 0.3 is 0 Å². The van der Waals surface area contributed by atoms with E-state index in [1.807, 2.05) is 48.5 Å². The van der Waals surface area contributed by atoms with Crippen LogP contribution in [0.1, 0.15) is 22.8 Å². The number of benzene rings is 3. The van der Waals surface area contributed by atoms with Crippen LogP contribution < -0.4 is 10.2 Å². The Kier molecular flexibility index (Phi) is 4.66. The van der Waals surface area contributed by atoms with Crippen molar-refractivity contribution in [2.75, 3.05) is 7.11 Å². The molecule has 0 saturated heterocycles. The summed E-state index contributed by atoms with van der Waals surface area (Å²) in [5.41, 5.74) is 4.19. The summed E-state index contributed by atoms with van der Waals surface area (Å²) in [5, 5.41) is 16.0. The Hall–Kier alpha value is -3.34. The highest BCUT2D eigenvalue weighted by molar-refractivity contribution is 6.03. The van der Waals surface area contributed by atoms with Gasteiger partial charge in [-0.2, -0.15) is 5.10 Å². The van der Waals surface area contributed by atoms with Crippen LogP contribution in [0.15, 0.2) is 65.8 Å². The molecule has 5 heteroatoms. The molecule has 0 aromatic heterocycles. The number of phenolic OH excluding ortho intramolecular Hbond substituents is 1. The highest BCUT2D eigenvalue weighted by Crippen LogP contribution is 2.24. The third-order valence-corrected chi connectivity index (χ3v) is 3.94. The summed E-state index contributed by atoms with van der Waals surface area (Å²) in [4.78, 5) is 12.3. The third kappa shape index (κ3) is 3.61. The van der Waals surface area contributed by atoms with Crippen molar-refractivity contribution in [1.82, 2.24) is 5.43 Å². The van der Waals surface area contributed by atoms with E-state index in [1.165, 1.54) is 0 Å². The zero-order valence-electron chi connectivity index (χ0n) is 14.0. The van der Waals surface area contributed by atoms with Crippen LogP contribution in [0.5, 0.6) is 11.5 Å². The first-order valence-electron chi connectivity index (χ1n) is 7.79. The third-order valence-electron chi connectivity index (χ3n) is 3.94. The summed E-state index contributed by atoms with van der Waals surface area (Å²) in [7, 11) is 1.60. The van der Waals surface area contributed by atoms with Gasteiger partial charge in [-0.25, -0.2) is 5.43 Å². The van der Waals surface area contributed by atoms with E-state index < -0.39 is 5.91 Å². The lowest BCUT2D eigenvalue weighted by Gasteiger charge is -2.07. The fourth-order valence-electron chi connectivity index (χ4n) is 2.50. The van der Waals surface area contributed by atoms with E-state index in [9.17, 15) is 9.90 Å². The minimum atomic E-state index is -0.462. The monoisotopic (exact) mass is 334 g/mol. The number of carbonyl (C=O) groups is 1. The van der Waals surface area contributed by atoms with Gasteiger partial charge < -0.3 is 9.84 Å². The molecule has 126 valence electrons. The number of phenols is 1. The molecule has 0 bridgehead atoms. The Bertz CT molecular complexity index is 947. The first kappa shape index (κ1) is 16.5. The second-order valence-electron chi connectivity index (χ2n) is 5.58. The van der Waals surface area contributed by atoms with Gasteiger partial charge in [0.25, 0.3) is 5.91 Å². The van der Waals surface area contributed by atoms with Crippen LogP contribution in [0, 0.1) is 0 Å². The molecule has 0 heterocycles. The summed E-state index contributed by atoms with van der Waals surface area (Å²) in [5.74, 6) is 0.214. The molecular weight excluding hydrogens is 316 g/mol. The molecule has 0 spiro atoms. The number of fused-ring (bicyclic) bond motifs is 1. The zero-order chi connectivity index (χ0) is 17.8. The SMILES string of the molecule is COc1ccc(C(C)=NNC(=O)c2cc3ccccc3cc2O)cc1. The highest BCUT2D eigenvalue weighted by Gasteiger charge is 2.12. The Morgan fingerprint density at radius 3 is 2.32 bits per heavy atom. The number of hydrogen-bond acceptors (Lipinski definition) is 4. The van der Waals surface area contributed by atoms with E-state index >= 15 is 0 Å². The van der Waals surface area contributed by atoms with Crippen molar-refractivity contribution in [3.63, 3.8) is 0 Å². The van der Waals surface area contributed by atoms with E-state index in [0.717, 1.165) is 22.1 Å². The molecule has 5 nitrogen and oxygen atoms in total. The molecular formula is C20H18N2O3. The molecule has 0 atom stereocenters. The number of aromatic hydroxyl groups is 1. The second-order valence-corrected chi connectivity index (χ2v) is 5.58. The predicted octanol–water partition coefficient (Wildman–Crippen LogP) is 3.71. The van der Waals surface area contributed by atoms with Crippen molar-refractivity contribution in [2.24, 2.45) is 5.10 Å². The number of hydrogen-bond donors (Lipinski definition) is 2. The van der Waals surface area contributed by atoms with Gasteiger partial charge in [-0.05, 0) is 59.7 Å². The van der Waals surface area contributed by atoms with Crippen LogP contribution in [-0.4, -0.2) is 23.8 Å². The second kappa shape index (κ2) is 7.05. The normalized spacial score (nSPS) is 11.4. The molecule has 0 aliphatic rings. The molecule has 0 radical (unpaired) electrons. The van der Waals surface area contributed by atoms with Gasteiger partial charge in [0.05, 0.1) is 18.4 Å². The molecule has 1 amide bonds. The van der Waals surface area contributed by atoms with Crippen molar-refractivity contribution in [3.05, 3.63) is 71.8 Å². The van der Waals surface area contributed by atoms with E-state index in [1.54, 1.807) is 26.2 Å². The summed E-state index contributed by atoms with van der Waals surface area (Å²) in [6.45, 7) is 1.79. The summed E-state index contributed by atoms with van der Waals surface area (Å²) in [6.07, 6.45) is 0. The molecule has 0 aliphatic carbocycles. The van der Waals surface area contributed by atoms with Gasteiger partial charge in [0.15, 0.2) is 0 Å². The molecule has 0 fully saturated rings. The lowest BCUT2D eigenvalue weighted by atomic mass is 10.1. The Morgan fingerprint density at radius 2 is 1.68 bits per heavy atom. The minimum absolute atomic E-state index is 0.0755. The number of methoxy groups -OCH3 is 1. The topological polar surface area (TPSA) is 70.9 Å². The lowest BCUT2D eigenvalue weighted by molar-refractivity contribution is 0.0952. The molecule has 2 N–H and O–H groups in total. The Morgan fingerprint density at radius 1 is 1.04 bits per heavy atom. The molecule has 3 rings (SSSR count). The van der Waals surface area contributed by atoms with Gasteiger partial charge in [-0.3, -0.25) is 4.79 Å². The number of rotatable bonds is 4. The van der Waals surface area contributed by atoms with E-state index in [-0.39, 0.29) is 11.3 Å². The van der Waals surface area contributed by atoms with Gasteiger partial charge in [-0.1, -0.05) is 24.3 Å². The average molecular weight is 334 g/mol. The van der Waals surface area contributed by atoms with Crippen LogP contribution in [-0.2, 0) is 0 Å². The molecule has 0 unspecified atom stereocenters. The summed E-state index contributed by atoms with van der Waals surface area (Å²) >= 11 is 0. The van der Waals surface area contributed by atoms with Crippen LogP contribution in [0.3, 0.4) is 0 Å². The van der Waals surface area contributed by atoms with E-state index in [4.69, 9.17) is 4.74 Å². The number of nitrogens with one attached hydrogen (secondary N) is 1. The first-order valence-corrected chi connectivity index (χ1v) is 7.79. The number of hydrazone groups is 1. The van der Waals surface area contributed by atoms with Crippen molar-refractivity contribution < 1.29 is 14.6 Å². The highest BCUT2D eigenvalue weighted by atomic mass is 16.5. The fraction of sp³-hybridized carbons (Fsp3) is 0.100. The molecule has 3 aromatic rings. The van der Waals surface area contributed by atoms with Gasteiger partial charge in [-0.15, -0.1) is 0 Å². The van der Waals surface area contributed by atoms with Crippen LogP contribution in [0.4, 0.5) is 0 Å². The lowest BCUT2D eigenvalue weighted by Crippen LogP contribution is -2.19. The average Bonchev–Trinajstić information content (AvgIpc) is 2.65. The van der Waals surface area contributed by atoms with Gasteiger partial charge in [0.2, 0.25) is 0 Å². The van der Waals surface area contributed by atoms with Crippen molar-refractivity contribution in [2.45, 2.75) is 6.92 Å². The summed E-state index contributed by atoms with van der Waals surface area (Å²) < 4.78 is 5.12. The fourth-order valence-corrected chi connectivity index (χ4v) is 2.50. The number of ether oxygens (including phenoxy) is 1. The smallest absolute Gasteiger partial charge is 0.275 e. The molecule has 3 aromatic carbocycles. The largest absolute Gasteiger partial charge is 0.507 e. The van der Waals surface area contributed by atoms with Crippen molar-refractivity contribution >= 4 is 22.4 Å². The first-order chi connectivity index (χ1) is 12.1. The number of nitrogens with zero attached hydrogens (tertiary/aromatic N) is 1. The maximum Gasteiger partial charge on any atom is 0.275 e. The molecule has 0 aliphatic heterocycles. The van der Waals surface area contributed by atoms with Gasteiger partial charge in [0, 0.05) is 0 Å². The van der Waals surface area contributed by atoms with E-state index in [2.05, 4.69) is 10.5 Å². The van der Waals surface area contributed by atoms with E-state index in [0.29, 0.717) is 5.71 Å². The van der Waals surface area contributed by atoms with Crippen LogP contribution in [0.2, 0.25) is 0 Å². The standard InChI is InChI=1S/C20H18N2O3/c1-13(14-7-9-17(25-2)10-8-14)21-22-20(24)18-11-15-5-3-4-6-16(15)12-19(18)23/h3-12,23H,1-2H3,(H,22,24). The Labute approximate surface area is 145 Å². The quantitative estimate of drug-likeness (QED) is 0.564. The van der Waals surface area contributed by atoms with Crippen LogP contribution >= 0.6 is 0 Å². The maximum atomic E-state index is 12.3. The predicted molar refractivity (Wildman–Crippen MR) is 98.3 cm³/mol. The molecule has 25 heavy (non-hydrogen) atoms. The maximum absolute atomic E-state index is 12.3. The molecule has 0 saturated carbocycles. The zero-order valence-corrected chi connectivity index (χ0v) is 14.0.